The van der Waals surface area contributed by atoms with Crippen LogP contribution in [0.1, 0.15) is 57.1 Å². The summed E-state index contributed by atoms with van der Waals surface area (Å²) in [7, 11) is 0. The molecular weight excluding hydrogens is 278 g/mol. The molecule has 0 unspecified atom stereocenters. The van der Waals surface area contributed by atoms with Crippen LogP contribution in [-0.4, -0.2) is 34.3 Å². The summed E-state index contributed by atoms with van der Waals surface area (Å²) in [6.45, 7) is 2.84. The molecule has 1 aliphatic carbocycles. The van der Waals surface area contributed by atoms with Gasteiger partial charge in [0.1, 0.15) is 5.60 Å². The Labute approximate surface area is 132 Å². The summed E-state index contributed by atoms with van der Waals surface area (Å²) in [5, 5.41) is 9.67. The highest BCUT2D eigenvalue weighted by Crippen LogP contribution is 2.40. The predicted molar refractivity (Wildman–Crippen MR) is 84.5 cm³/mol. The lowest BCUT2D eigenvalue weighted by molar-refractivity contribution is -0.0920. The molecule has 1 heterocycles. The highest BCUT2D eigenvalue weighted by Gasteiger charge is 2.44. The number of carbonyl (C=O) groups is 1. The molecule has 2 aliphatic rings. The number of nitrogens with zero attached hydrogens (tertiary/aromatic N) is 1. The monoisotopic (exact) mass is 303 g/mol. The van der Waals surface area contributed by atoms with Gasteiger partial charge in [-0.1, -0.05) is 37.3 Å². The fourth-order valence-electron chi connectivity index (χ4n) is 3.79. The van der Waals surface area contributed by atoms with Crippen molar-refractivity contribution in [2.75, 3.05) is 6.54 Å². The molecule has 22 heavy (non-hydrogen) atoms. The van der Waals surface area contributed by atoms with Gasteiger partial charge in [-0.05, 0) is 37.7 Å². The molecule has 1 aromatic rings. The van der Waals surface area contributed by atoms with Gasteiger partial charge in [-0.2, -0.15) is 0 Å². The number of hydrogen-bond acceptors (Lipinski definition) is 3. The second kappa shape index (κ2) is 6.29. The smallest absolute Gasteiger partial charge is 0.410 e. The minimum atomic E-state index is -0.332. The van der Waals surface area contributed by atoms with Crippen LogP contribution in [0.2, 0.25) is 0 Å². The Balaban J connectivity index is 1.71. The Morgan fingerprint density at radius 1 is 1.27 bits per heavy atom. The number of carbonyl (C=O) groups excluding carboxylic acids is 1. The molecule has 1 spiro atoms. The molecule has 1 N–H and O–H groups in total. The van der Waals surface area contributed by atoms with Crippen molar-refractivity contribution in [1.29, 1.82) is 0 Å². The van der Waals surface area contributed by atoms with Gasteiger partial charge in [0.15, 0.2) is 0 Å². The van der Waals surface area contributed by atoms with Crippen LogP contribution >= 0.6 is 0 Å². The highest BCUT2D eigenvalue weighted by molar-refractivity contribution is 5.70. The third-order valence-electron chi connectivity index (χ3n) is 5.16. The molecule has 3 rings (SSSR count). The van der Waals surface area contributed by atoms with Crippen molar-refractivity contribution in [3.63, 3.8) is 0 Å². The summed E-state index contributed by atoms with van der Waals surface area (Å²) in [5.41, 5.74) is 0.832. The molecule has 1 saturated carbocycles. The van der Waals surface area contributed by atoms with Crippen molar-refractivity contribution in [2.45, 2.75) is 63.2 Å². The van der Waals surface area contributed by atoms with Crippen LogP contribution < -0.4 is 0 Å². The summed E-state index contributed by atoms with van der Waals surface area (Å²) in [5.74, 6) is 0. The molecule has 120 valence electrons. The van der Waals surface area contributed by atoms with E-state index in [2.05, 4.69) is 19.1 Å². The van der Waals surface area contributed by atoms with E-state index in [-0.39, 0.29) is 23.8 Å². The fraction of sp³-hybridized carbons (Fsp3) is 0.611. The number of ether oxygens (including phenoxy) is 1. The van der Waals surface area contributed by atoms with Gasteiger partial charge >= 0.3 is 6.09 Å². The Morgan fingerprint density at radius 3 is 2.55 bits per heavy atom. The molecule has 0 aromatic heterocycles. The number of aliphatic hydroxyl groups excluding tert-OH is 1. The highest BCUT2D eigenvalue weighted by atomic mass is 16.6. The number of hydrogen-bond donors (Lipinski definition) is 1. The van der Waals surface area contributed by atoms with Crippen molar-refractivity contribution < 1.29 is 14.6 Å². The molecule has 1 aliphatic heterocycles. The fourth-order valence-corrected chi connectivity index (χ4v) is 3.79. The first-order valence-corrected chi connectivity index (χ1v) is 8.36. The minimum Gasteiger partial charge on any atom is -0.443 e. The Bertz CT molecular complexity index is 508. The maximum Gasteiger partial charge on any atom is 0.410 e. The molecule has 1 aromatic carbocycles. The molecule has 0 radical (unpaired) electrons. The molecule has 2 fully saturated rings. The number of amides is 1. The van der Waals surface area contributed by atoms with Crippen LogP contribution in [0.25, 0.3) is 0 Å². The summed E-state index contributed by atoms with van der Waals surface area (Å²) in [6, 6.07) is 10.2. The van der Waals surface area contributed by atoms with Crippen LogP contribution in [-0.2, 0) is 4.74 Å². The van der Waals surface area contributed by atoms with Gasteiger partial charge in [0, 0.05) is 13.0 Å². The Hall–Kier alpha value is -1.55. The van der Waals surface area contributed by atoms with Crippen LogP contribution in [0.15, 0.2) is 30.3 Å². The van der Waals surface area contributed by atoms with E-state index < -0.39 is 0 Å². The first-order valence-electron chi connectivity index (χ1n) is 8.36. The Morgan fingerprint density at radius 2 is 1.95 bits per heavy atom. The molecule has 1 saturated heterocycles. The maximum absolute atomic E-state index is 12.6. The average molecular weight is 303 g/mol. The van der Waals surface area contributed by atoms with E-state index in [0.717, 1.165) is 50.6 Å². The molecule has 0 bridgehead atoms. The van der Waals surface area contributed by atoms with E-state index in [9.17, 15) is 9.90 Å². The van der Waals surface area contributed by atoms with Gasteiger partial charge in [0.05, 0.1) is 12.1 Å². The van der Waals surface area contributed by atoms with Crippen LogP contribution in [0.4, 0.5) is 4.79 Å². The summed E-state index contributed by atoms with van der Waals surface area (Å²) in [6.07, 6.45) is 4.38. The lowest BCUT2D eigenvalue weighted by atomic mass is 9.80. The molecule has 4 nitrogen and oxygen atoms in total. The van der Waals surface area contributed by atoms with E-state index in [1.165, 1.54) is 0 Å². The zero-order valence-corrected chi connectivity index (χ0v) is 13.2. The van der Waals surface area contributed by atoms with Gasteiger partial charge in [-0.15, -0.1) is 0 Å². The SMILES string of the molecule is CC[C@@H](c1ccccc1)N1CCC2(CCC(O)CC2)OC1=O. The zero-order valence-electron chi connectivity index (χ0n) is 13.2. The zero-order chi connectivity index (χ0) is 15.6. The quantitative estimate of drug-likeness (QED) is 0.927. The third-order valence-corrected chi connectivity index (χ3v) is 5.16. The van der Waals surface area contributed by atoms with Crippen molar-refractivity contribution in [1.82, 2.24) is 4.90 Å². The largest absolute Gasteiger partial charge is 0.443 e. The Kier molecular flexibility index (Phi) is 4.39. The van der Waals surface area contributed by atoms with E-state index >= 15 is 0 Å². The molecular formula is C18H25NO3. The van der Waals surface area contributed by atoms with E-state index in [1.54, 1.807) is 0 Å². The van der Waals surface area contributed by atoms with E-state index in [4.69, 9.17) is 4.74 Å². The van der Waals surface area contributed by atoms with Gasteiger partial charge in [0.25, 0.3) is 0 Å². The summed E-state index contributed by atoms with van der Waals surface area (Å²) >= 11 is 0. The van der Waals surface area contributed by atoms with E-state index in [1.807, 2.05) is 23.1 Å². The molecule has 1 amide bonds. The summed E-state index contributed by atoms with van der Waals surface area (Å²) < 4.78 is 5.86. The minimum absolute atomic E-state index is 0.0835. The van der Waals surface area contributed by atoms with Crippen molar-refractivity contribution >= 4 is 6.09 Å². The van der Waals surface area contributed by atoms with Gasteiger partial charge in [-0.3, -0.25) is 0 Å². The molecule has 4 heteroatoms. The predicted octanol–water partition coefficient (Wildman–Crippen LogP) is 3.65. The van der Waals surface area contributed by atoms with Gasteiger partial charge < -0.3 is 14.7 Å². The lowest BCUT2D eigenvalue weighted by Crippen LogP contribution is -2.52. The standard InChI is InChI=1S/C18H25NO3/c1-2-16(14-6-4-3-5-7-14)19-13-12-18(22-17(19)21)10-8-15(20)9-11-18/h3-7,15-16,20H,2,8-13H2,1H3/t15?,16-,18?/m0/s1. The number of benzene rings is 1. The maximum atomic E-state index is 12.6. The van der Waals surface area contributed by atoms with Crippen LogP contribution in [0, 0.1) is 0 Å². The first kappa shape index (κ1) is 15.3. The van der Waals surface area contributed by atoms with Crippen LogP contribution in [0.3, 0.4) is 0 Å². The second-order valence-corrected chi connectivity index (χ2v) is 6.56. The second-order valence-electron chi connectivity index (χ2n) is 6.56. The van der Waals surface area contributed by atoms with Crippen molar-refractivity contribution in [2.24, 2.45) is 0 Å². The third kappa shape index (κ3) is 2.98. The normalized spacial score (nSPS) is 30.2. The first-order chi connectivity index (χ1) is 10.6. The topological polar surface area (TPSA) is 49.8 Å². The molecule has 1 atom stereocenters. The van der Waals surface area contributed by atoms with Crippen molar-refractivity contribution in [3.05, 3.63) is 35.9 Å². The van der Waals surface area contributed by atoms with E-state index in [0.29, 0.717) is 0 Å². The van der Waals surface area contributed by atoms with Crippen LogP contribution in [0.5, 0.6) is 0 Å². The average Bonchev–Trinajstić information content (AvgIpc) is 2.54. The van der Waals surface area contributed by atoms with Crippen molar-refractivity contribution in [3.8, 4) is 0 Å². The lowest BCUT2D eigenvalue weighted by Gasteiger charge is -2.46. The number of aliphatic hydroxyl groups is 1. The number of rotatable bonds is 3. The summed E-state index contributed by atoms with van der Waals surface area (Å²) in [4.78, 5) is 14.4. The van der Waals surface area contributed by atoms with Gasteiger partial charge in [-0.25, -0.2) is 4.79 Å². The van der Waals surface area contributed by atoms with Gasteiger partial charge in [0.2, 0.25) is 0 Å².